The minimum atomic E-state index is -0.801. The van der Waals surface area contributed by atoms with E-state index in [1.807, 2.05) is 0 Å². The van der Waals surface area contributed by atoms with Crippen LogP contribution in [0.4, 0.5) is 0 Å². The predicted molar refractivity (Wildman–Crippen MR) is 339 cm³/mol. The smallest absolute Gasteiger partial charge is 0.306 e. The maximum Gasteiger partial charge on any atom is 0.306 e. The summed E-state index contributed by atoms with van der Waals surface area (Å²) >= 11 is 0. The third kappa shape index (κ3) is 62.4. The maximum atomic E-state index is 12.9. The summed E-state index contributed by atoms with van der Waals surface area (Å²) in [5, 5.41) is 0. The number of hydrogen-bond acceptors (Lipinski definition) is 6. The second-order valence-electron chi connectivity index (χ2n) is 20.9. The number of carbonyl (C=O) groups is 3. The van der Waals surface area contributed by atoms with Gasteiger partial charge < -0.3 is 14.2 Å². The molecular formula is C72H118O6. The molecule has 1 unspecified atom stereocenters. The van der Waals surface area contributed by atoms with E-state index in [1.165, 1.54) is 122 Å². The fourth-order valence-electron chi connectivity index (χ4n) is 8.58. The molecule has 0 saturated carbocycles. The molecule has 78 heavy (non-hydrogen) atoms. The summed E-state index contributed by atoms with van der Waals surface area (Å²) in [6, 6.07) is 0. The van der Waals surface area contributed by atoms with Gasteiger partial charge in [-0.25, -0.2) is 0 Å². The lowest BCUT2D eigenvalue weighted by atomic mass is 10.0. The number of rotatable bonds is 57. The van der Waals surface area contributed by atoms with Gasteiger partial charge in [0.2, 0.25) is 0 Å². The molecule has 0 fully saturated rings. The van der Waals surface area contributed by atoms with Crippen molar-refractivity contribution in [1.82, 2.24) is 0 Å². The summed E-state index contributed by atoms with van der Waals surface area (Å²) in [4.78, 5) is 38.1. The molecular weight excluding hydrogens is 961 g/mol. The van der Waals surface area contributed by atoms with Crippen molar-refractivity contribution in [3.05, 3.63) is 134 Å². The van der Waals surface area contributed by atoms with Crippen molar-refractivity contribution in [2.24, 2.45) is 0 Å². The van der Waals surface area contributed by atoms with E-state index in [0.29, 0.717) is 25.7 Å². The normalized spacial score (nSPS) is 13.0. The number of unbranched alkanes of at least 4 members (excludes halogenated alkanes) is 24. The zero-order valence-corrected chi connectivity index (χ0v) is 50.6. The van der Waals surface area contributed by atoms with Crippen LogP contribution in [0.15, 0.2) is 134 Å². The highest BCUT2D eigenvalue weighted by Gasteiger charge is 2.19. The van der Waals surface area contributed by atoms with Crippen LogP contribution in [0.25, 0.3) is 0 Å². The maximum absolute atomic E-state index is 12.9. The second kappa shape index (κ2) is 65.1. The van der Waals surface area contributed by atoms with Gasteiger partial charge in [0.1, 0.15) is 13.2 Å². The molecule has 1 atom stereocenters. The Labute approximate surface area is 481 Å². The van der Waals surface area contributed by atoms with E-state index < -0.39 is 6.10 Å². The molecule has 0 aliphatic heterocycles. The van der Waals surface area contributed by atoms with Crippen LogP contribution in [-0.2, 0) is 28.6 Å². The Hall–Kier alpha value is -4.45. The average Bonchev–Trinajstić information content (AvgIpc) is 3.44. The van der Waals surface area contributed by atoms with Gasteiger partial charge in [-0.2, -0.15) is 0 Å². The van der Waals surface area contributed by atoms with Gasteiger partial charge in [0, 0.05) is 19.3 Å². The molecule has 0 radical (unpaired) electrons. The molecule has 0 saturated heterocycles. The monoisotopic (exact) mass is 1080 g/mol. The Morgan fingerprint density at radius 3 is 0.808 bits per heavy atom. The van der Waals surface area contributed by atoms with Crippen LogP contribution in [-0.4, -0.2) is 37.2 Å². The largest absolute Gasteiger partial charge is 0.462 e. The van der Waals surface area contributed by atoms with E-state index in [0.717, 1.165) is 116 Å². The van der Waals surface area contributed by atoms with Gasteiger partial charge in [-0.15, -0.1) is 0 Å². The lowest BCUT2D eigenvalue weighted by Gasteiger charge is -2.18. The summed E-state index contributed by atoms with van der Waals surface area (Å²) in [6.45, 7) is 6.45. The molecule has 0 heterocycles. The van der Waals surface area contributed by atoms with Gasteiger partial charge in [-0.05, 0) is 122 Å². The van der Waals surface area contributed by atoms with Crippen molar-refractivity contribution in [2.75, 3.05) is 13.2 Å². The standard InChI is InChI=1S/C72H118O6/c1-4-7-10-13-16-19-21-23-25-27-29-31-33-35-36-38-39-41-43-45-47-49-51-53-56-59-62-65-71(74)77-68-69(67-76-70(73)64-61-58-55-18-15-12-9-6-3)78-72(75)66-63-60-57-54-52-50-48-46-44-42-40-37-34-32-30-28-26-24-22-20-17-14-11-8-5-2/h7,10,16,19,22-25,28-31,34-37,39,41,45,47,51,53,69H,4-6,8-9,11-15,17-18,20-21,26-27,32-33,38,40,42-44,46,48-50,52,54-68H2,1-3H3/b10-7-,19-16-,24-22-,25-23-,30-28-,31-29-,36-35-,37-34-,41-39-,47-45-,53-51-. The van der Waals surface area contributed by atoms with Crippen molar-refractivity contribution in [1.29, 1.82) is 0 Å². The van der Waals surface area contributed by atoms with Crippen LogP contribution in [0.3, 0.4) is 0 Å². The number of ether oxygens (including phenoxy) is 3. The predicted octanol–water partition coefficient (Wildman–Crippen LogP) is 22.2. The van der Waals surface area contributed by atoms with Crippen LogP contribution in [0.1, 0.15) is 284 Å². The van der Waals surface area contributed by atoms with E-state index in [9.17, 15) is 14.4 Å². The fourth-order valence-corrected chi connectivity index (χ4v) is 8.58. The molecule has 0 aliphatic carbocycles. The SMILES string of the molecule is CC/C=C\C/C=C\C/C=C\C/C=C\C/C=C\C/C=C\C/C=C\C/C=C\CCCCC(=O)OCC(COC(=O)CCCCCCCCCC)OC(=O)CCCCCCCCCCCC/C=C\C/C=C\C/C=C\CCCCCCC. The molecule has 6 heteroatoms. The molecule has 442 valence electrons. The van der Waals surface area contributed by atoms with E-state index >= 15 is 0 Å². The van der Waals surface area contributed by atoms with Crippen LogP contribution < -0.4 is 0 Å². The number of allylic oxidation sites excluding steroid dienone is 22. The first-order chi connectivity index (χ1) is 38.5. The van der Waals surface area contributed by atoms with E-state index in [-0.39, 0.29) is 31.1 Å². The van der Waals surface area contributed by atoms with Gasteiger partial charge in [0.25, 0.3) is 0 Å². The van der Waals surface area contributed by atoms with Crippen molar-refractivity contribution in [2.45, 2.75) is 290 Å². The minimum Gasteiger partial charge on any atom is -0.462 e. The van der Waals surface area contributed by atoms with Crippen LogP contribution >= 0.6 is 0 Å². The zero-order valence-electron chi connectivity index (χ0n) is 50.6. The average molecular weight is 1080 g/mol. The summed E-state index contributed by atoms with van der Waals surface area (Å²) in [5.41, 5.74) is 0. The Bertz CT molecular complexity index is 1670. The van der Waals surface area contributed by atoms with Gasteiger partial charge in [-0.1, -0.05) is 276 Å². The summed E-state index contributed by atoms with van der Waals surface area (Å²) in [6.07, 6.45) is 91.9. The molecule has 0 bridgehead atoms. The molecule has 0 amide bonds. The highest BCUT2D eigenvalue weighted by atomic mass is 16.6. The highest BCUT2D eigenvalue weighted by Crippen LogP contribution is 2.15. The summed E-state index contributed by atoms with van der Waals surface area (Å²) in [7, 11) is 0. The third-order valence-corrected chi connectivity index (χ3v) is 13.4. The van der Waals surface area contributed by atoms with Crippen LogP contribution in [0, 0.1) is 0 Å². The Morgan fingerprint density at radius 1 is 0.269 bits per heavy atom. The molecule has 0 aliphatic rings. The molecule has 0 rings (SSSR count). The number of hydrogen-bond donors (Lipinski definition) is 0. The Kier molecular flexibility index (Phi) is 61.4. The molecule has 0 aromatic heterocycles. The highest BCUT2D eigenvalue weighted by molar-refractivity contribution is 5.71. The number of esters is 3. The lowest BCUT2D eigenvalue weighted by Crippen LogP contribution is -2.30. The Morgan fingerprint density at radius 2 is 0.500 bits per heavy atom. The fraction of sp³-hybridized carbons (Fsp3) is 0.653. The summed E-state index contributed by atoms with van der Waals surface area (Å²) < 4.78 is 16.8. The van der Waals surface area contributed by atoms with Crippen molar-refractivity contribution in [3.63, 3.8) is 0 Å². The quantitative estimate of drug-likeness (QED) is 0.0261. The van der Waals surface area contributed by atoms with Crippen LogP contribution in [0.5, 0.6) is 0 Å². The van der Waals surface area contributed by atoms with Gasteiger partial charge >= 0.3 is 17.9 Å². The molecule has 0 N–H and O–H groups in total. The minimum absolute atomic E-state index is 0.0958. The van der Waals surface area contributed by atoms with Crippen LogP contribution in [0.2, 0.25) is 0 Å². The van der Waals surface area contributed by atoms with Gasteiger partial charge in [0.15, 0.2) is 6.10 Å². The van der Waals surface area contributed by atoms with Crippen molar-refractivity contribution in [3.8, 4) is 0 Å². The number of carbonyl (C=O) groups excluding carboxylic acids is 3. The first kappa shape index (κ1) is 73.5. The third-order valence-electron chi connectivity index (χ3n) is 13.4. The Balaban J connectivity index is 4.31. The molecule has 0 spiro atoms. The molecule has 6 nitrogen and oxygen atoms in total. The van der Waals surface area contributed by atoms with E-state index in [4.69, 9.17) is 14.2 Å². The van der Waals surface area contributed by atoms with Crippen molar-refractivity contribution >= 4 is 17.9 Å². The molecule has 0 aromatic carbocycles. The first-order valence-electron chi connectivity index (χ1n) is 32.2. The zero-order chi connectivity index (χ0) is 56.4. The van der Waals surface area contributed by atoms with E-state index in [1.54, 1.807) is 0 Å². The topological polar surface area (TPSA) is 78.9 Å². The van der Waals surface area contributed by atoms with Gasteiger partial charge in [0.05, 0.1) is 0 Å². The summed E-state index contributed by atoms with van der Waals surface area (Å²) in [5.74, 6) is -0.949. The van der Waals surface area contributed by atoms with Gasteiger partial charge in [-0.3, -0.25) is 14.4 Å². The second-order valence-corrected chi connectivity index (χ2v) is 20.9. The lowest BCUT2D eigenvalue weighted by molar-refractivity contribution is -0.167. The molecule has 0 aromatic rings. The van der Waals surface area contributed by atoms with E-state index in [2.05, 4.69) is 154 Å². The first-order valence-corrected chi connectivity index (χ1v) is 32.2. The van der Waals surface area contributed by atoms with Crippen molar-refractivity contribution < 1.29 is 28.6 Å².